The molecule has 0 spiro atoms. The van der Waals surface area contributed by atoms with Crippen molar-refractivity contribution in [2.45, 2.75) is 6.54 Å². The van der Waals surface area contributed by atoms with Crippen molar-refractivity contribution in [2.75, 3.05) is 0 Å². The molecule has 170 valence electrons. The molecule has 1 aromatic carbocycles. The first kappa shape index (κ1) is 20.9. The average molecular weight is 482 g/mol. The Bertz CT molecular complexity index is 1680. The maximum Gasteiger partial charge on any atom is 0.367 e. The van der Waals surface area contributed by atoms with Gasteiger partial charge in [-0.2, -0.15) is 9.61 Å². The summed E-state index contributed by atoms with van der Waals surface area (Å²) < 4.78 is 7.83. The molecule has 6 aromatic rings. The molecule has 0 aliphatic rings. The van der Waals surface area contributed by atoms with Gasteiger partial charge in [-0.15, -0.1) is 5.10 Å². The van der Waals surface area contributed by atoms with E-state index in [9.17, 15) is 4.79 Å². The minimum Gasteiger partial charge on any atom is -0.355 e. The third kappa shape index (κ3) is 3.87. The summed E-state index contributed by atoms with van der Waals surface area (Å²) in [5, 5.41) is 13.4. The van der Waals surface area contributed by atoms with Gasteiger partial charge in [0.1, 0.15) is 5.69 Å². The number of rotatable bonds is 5. The van der Waals surface area contributed by atoms with Crippen molar-refractivity contribution in [3.63, 3.8) is 0 Å². The van der Waals surface area contributed by atoms with Crippen LogP contribution < -0.4 is 5.69 Å². The second-order valence-corrected chi connectivity index (χ2v) is 8.22. The van der Waals surface area contributed by atoms with Gasteiger partial charge in [0.15, 0.2) is 11.4 Å². The lowest BCUT2D eigenvalue weighted by Crippen LogP contribution is -2.23. The summed E-state index contributed by atoms with van der Waals surface area (Å²) in [4.78, 5) is 21.7. The highest BCUT2D eigenvalue weighted by Crippen LogP contribution is 2.34. The molecular formula is C25H16ClN7O2. The van der Waals surface area contributed by atoms with Crippen LogP contribution in [0, 0.1) is 0 Å². The summed E-state index contributed by atoms with van der Waals surface area (Å²) in [6.07, 6.45) is 8.33. The van der Waals surface area contributed by atoms with E-state index in [1.807, 2.05) is 48.5 Å². The normalized spacial score (nSPS) is 11.2. The van der Waals surface area contributed by atoms with Crippen molar-refractivity contribution in [1.82, 2.24) is 34.5 Å². The molecule has 0 aliphatic carbocycles. The zero-order valence-corrected chi connectivity index (χ0v) is 18.9. The minimum atomic E-state index is -0.350. The van der Waals surface area contributed by atoms with Gasteiger partial charge in [0.2, 0.25) is 0 Å². The molecular weight excluding hydrogens is 466 g/mol. The number of nitrogens with zero attached hydrogens (tertiary/aromatic N) is 7. The van der Waals surface area contributed by atoms with Crippen molar-refractivity contribution in [3.8, 4) is 33.7 Å². The number of aromatic nitrogens is 7. The van der Waals surface area contributed by atoms with E-state index < -0.39 is 0 Å². The van der Waals surface area contributed by atoms with Crippen molar-refractivity contribution in [1.29, 1.82) is 0 Å². The molecule has 0 amide bonds. The maximum absolute atomic E-state index is 13.2. The van der Waals surface area contributed by atoms with E-state index in [2.05, 4.69) is 25.3 Å². The van der Waals surface area contributed by atoms with Crippen LogP contribution in [-0.2, 0) is 6.54 Å². The smallest absolute Gasteiger partial charge is 0.355 e. The summed E-state index contributed by atoms with van der Waals surface area (Å²) in [5.74, 6) is 0.572. The van der Waals surface area contributed by atoms with Crippen molar-refractivity contribution < 1.29 is 4.52 Å². The lowest BCUT2D eigenvalue weighted by Gasteiger charge is -2.10. The number of benzene rings is 1. The Hall–Kier alpha value is -4.63. The average Bonchev–Trinajstić information content (AvgIpc) is 3.54. The third-order valence-electron chi connectivity index (χ3n) is 5.58. The molecule has 0 aliphatic heterocycles. The summed E-state index contributed by atoms with van der Waals surface area (Å²) >= 11 is 6.09. The Kier molecular flexibility index (Phi) is 5.16. The summed E-state index contributed by atoms with van der Waals surface area (Å²) in [6, 6.07) is 16.6. The van der Waals surface area contributed by atoms with Gasteiger partial charge in [0, 0.05) is 40.8 Å². The molecule has 35 heavy (non-hydrogen) atoms. The van der Waals surface area contributed by atoms with Gasteiger partial charge in [-0.1, -0.05) is 35.0 Å². The molecule has 0 fully saturated rings. The van der Waals surface area contributed by atoms with Crippen molar-refractivity contribution in [3.05, 3.63) is 107 Å². The molecule has 5 aromatic heterocycles. The van der Waals surface area contributed by atoms with Crippen LogP contribution in [-0.4, -0.2) is 34.5 Å². The number of pyridine rings is 2. The predicted octanol–water partition coefficient (Wildman–Crippen LogP) is 4.37. The molecule has 10 heteroatoms. The van der Waals surface area contributed by atoms with Gasteiger partial charge >= 0.3 is 5.69 Å². The van der Waals surface area contributed by atoms with Crippen LogP contribution in [0.15, 0.2) is 94.9 Å². The summed E-state index contributed by atoms with van der Waals surface area (Å²) in [5.41, 5.74) is 4.94. The van der Waals surface area contributed by atoms with Crippen LogP contribution in [0.25, 0.3) is 39.4 Å². The van der Waals surface area contributed by atoms with Crippen molar-refractivity contribution >= 4 is 17.2 Å². The fourth-order valence-corrected chi connectivity index (χ4v) is 4.02. The second kappa shape index (κ2) is 8.62. The highest BCUT2D eigenvalue weighted by molar-refractivity contribution is 6.30. The van der Waals surface area contributed by atoms with E-state index >= 15 is 0 Å². The Morgan fingerprint density at radius 3 is 2.43 bits per heavy atom. The second-order valence-electron chi connectivity index (χ2n) is 7.78. The first-order chi connectivity index (χ1) is 17.2. The topological polar surface area (TPSA) is 104 Å². The van der Waals surface area contributed by atoms with Crippen molar-refractivity contribution in [2.24, 2.45) is 0 Å². The van der Waals surface area contributed by atoms with Crippen LogP contribution in [0.1, 0.15) is 5.56 Å². The van der Waals surface area contributed by atoms with Gasteiger partial charge in [0.05, 0.1) is 18.9 Å². The molecule has 5 heterocycles. The van der Waals surface area contributed by atoms with E-state index in [4.69, 9.17) is 16.1 Å². The van der Waals surface area contributed by atoms with Gasteiger partial charge in [-0.25, -0.2) is 9.48 Å². The molecule has 0 bridgehead atoms. The Morgan fingerprint density at radius 2 is 1.71 bits per heavy atom. The predicted molar refractivity (Wildman–Crippen MR) is 130 cm³/mol. The first-order valence-corrected chi connectivity index (χ1v) is 11.1. The number of hydrogen-bond acceptors (Lipinski definition) is 7. The number of hydrogen-bond donors (Lipinski definition) is 0. The van der Waals surface area contributed by atoms with Gasteiger partial charge in [-0.05, 0) is 47.0 Å². The molecule has 0 saturated heterocycles. The fourth-order valence-electron chi connectivity index (χ4n) is 3.90. The van der Waals surface area contributed by atoms with Gasteiger partial charge < -0.3 is 4.52 Å². The van der Waals surface area contributed by atoms with Crippen LogP contribution in [0.2, 0.25) is 5.02 Å². The Balaban J connectivity index is 1.46. The lowest BCUT2D eigenvalue weighted by molar-refractivity contribution is 0.431. The largest absolute Gasteiger partial charge is 0.367 e. The van der Waals surface area contributed by atoms with Gasteiger partial charge in [-0.3, -0.25) is 9.97 Å². The van der Waals surface area contributed by atoms with E-state index in [1.54, 1.807) is 37.1 Å². The molecule has 6 rings (SSSR count). The summed E-state index contributed by atoms with van der Waals surface area (Å²) in [7, 11) is 0. The zero-order valence-electron chi connectivity index (χ0n) is 18.1. The SMILES string of the molecule is O=c1n(Cc2ccc(-c3ccno3)nc2)nc2c(-c3ccncc3)c(-c3ccc(Cl)cc3)cnn12. The van der Waals surface area contributed by atoms with E-state index in [0.717, 1.165) is 27.8 Å². The van der Waals surface area contributed by atoms with Crippen LogP contribution in [0.3, 0.4) is 0 Å². The monoisotopic (exact) mass is 481 g/mol. The standard InChI is InChI=1S/C25H16ClN7O2/c26-19-4-2-17(3-5-19)20-14-29-33-24(23(20)18-7-10-27-11-8-18)31-32(25(33)34)15-16-1-6-21(28-13-16)22-9-12-30-35-22/h1-14H,15H2. The Labute approximate surface area is 203 Å². The molecule has 0 N–H and O–H groups in total. The minimum absolute atomic E-state index is 0.234. The molecule has 0 saturated carbocycles. The van der Waals surface area contributed by atoms with Crippen LogP contribution >= 0.6 is 11.6 Å². The Morgan fingerprint density at radius 1 is 0.886 bits per heavy atom. The van der Waals surface area contributed by atoms with Crippen LogP contribution in [0.5, 0.6) is 0 Å². The molecule has 0 unspecified atom stereocenters. The molecule has 0 radical (unpaired) electrons. The molecule has 9 nitrogen and oxygen atoms in total. The fraction of sp³-hybridized carbons (Fsp3) is 0.0400. The van der Waals surface area contributed by atoms with Gasteiger partial charge in [0.25, 0.3) is 0 Å². The van der Waals surface area contributed by atoms with E-state index in [-0.39, 0.29) is 12.2 Å². The summed E-state index contributed by atoms with van der Waals surface area (Å²) in [6.45, 7) is 0.234. The highest BCUT2D eigenvalue weighted by Gasteiger charge is 2.19. The maximum atomic E-state index is 13.2. The zero-order chi connectivity index (χ0) is 23.8. The van der Waals surface area contributed by atoms with E-state index in [1.165, 1.54) is 9.20 Å². The quantitative estimate of drug-likeness (QED) is 0.360. The number of halogens is 1. The first-order valence-electron chi connectivity index (χ1n) is 10.7. The van der Waals surface area contributed by atoms with Crippen LogP contribution in [0.4, 0.5) is 0 Å². The third-order valence-corrected chi connectivity index (χ3v) is 5.84. The highest BCUT2D eigenvalue weighted by atomic mass is 35.5. The number of fused-ring (bicyclic) bond motifs is 1. The van der Waals surface area contributed by atoms with E-state index in [0.29, 0.717) is 22.1 Å². The molecule has 0 atom stereocenters. The lowest BCUT2D eigenvalue weighted by atomic mass is 9.98.